The van der Waals surface area contributed by atoms with Gasteiger partial charge in [-0.2, -0.15) is 4.57 Å². The first kappa shape index (κ1) is 19.4. The van der Waals surface area contributed by atoms with Crippen molar-refractivity contribution in [2.75, 3.05) is 11.4 Å². The zero-order valence-corrected chi connectivity index (χ0v) is 16.9. The summed E-state index contributed by atoms with van der Waals surface area (Å²) >= 11 is 7.90. The summed E-state index contributed by atoms with van der Waals surface area (Å²) in [6.45, 7) is 5.91. The van der Waals surface area contributed by atoms with E-state index in [1.165, 1.54) is 4.70 Å². The van der Waals surface area contributed by atoms with Gasteiger partial charge in [0.15, 0.2) is 0 Å². The van der Waals surface area contributed by atoms with Gasteiger partial charge in [0, 0.05) is 35.6 Å². The fourth-order valence-corrected chi connectivity index (χ4v) is 4.30. The number of carbonyl (C=O) groups is 1. The Hall–Kier alpha value is -2.37. The minimum atomic E-state index is -0.816. The Morgan fingerprint density at radius 3 is 2.59 bits per heavy atom. The number of carboxylic acids is 1. The number of aliphatic carboxylic acids is 1. The van der Waals surface area contributed by atoms with Gasteiger partial charge in [0.1, 0.15) is 11.2 Å². The highest BCUT2D eigenvalue weighted by molar-refractivity contribution is 7.18. The van der Waals surface area contributed by atoms with Crippen molar-refractivity contribution in [2.45, 2.75) is 26.8 Å². The standard InChI is InChI=1S/C21H21ClN2O2S/c1-3-23(17-8-5-15(6-9-17)13-21(25)26)12-11-20-24(4-2)18-14-16(22)7-10-19(18)27-20/h5-12,14H,3-4,13H2,1-2H3/p+1. The second kappa shape index (κ2) is 8.55. The number of hydrogen-bond acceptors (Lipinski definition) is 3. The molecule has 140 valence electrons. The van der Waals surface area contributed by atoms with Gasteiger partial charge in [0.2, 0.25) is 5.52 Å². The van der Waals surface area contributed by atoms with Crippen LogP contribution in [0.1, 0.15) is 24.4 Å². The average Bonchev–Trinajstić information content (AvgIpc) is 2.99. The molecule has 0 radical (unpaired) electrons. The Balaban J connectivity index is 1.87. The molecule has 0 spiro atoms. The highest BCUT2D eigenvalue weighted by Gasteiger charge is 2.17. The highest BCUT2D eigenvalue weighted by atomic mass is 35.5. The number of rotatable bonds is 7. The lowest BCUT2D eigenvalue weighted by Crippen LogP contribution is -2.33. The summed E-state index contributed by atoms with van der Waals surface area (Å²) in [5.41, 5.74) is 2.99. The summed E-state index contributed by atoms with van der Waals surface area (Å²) < 4.78 is 3.47. The first-order chi connectivity index (χ1) is 13.0. The number of aromatic nitrogens is 1. The number of thiazole rings is 1. The quantitative estimate of drug-likeness (QED) is 0.567. The van der Waals surface area contributed by atoms with Crippen molar-refractivity contribution in [3.63, 3.8) is 0 Å². The summed E-state index contributed by atoms with van der Waals surface area (Å²) in [5, 5.41) is 10.8. The van der Waals surface area contributed by atoms with Crippen LogP contribution in [0.5, 0.6) is 0 Å². The molecule has 0 saturated carbocycles. The van der Waals surface area contributed by atoms with E-state index < -0.39 is 5.97 Å². The first-order valence-corrected chi connectivity index (χ1v) is 10.1. The number of carboxylic acid groups (broad SMARTS) is 1. The number of fused-ring (bicyclic) bond motifs is 1. The molecule has 0 saturated heterocycles. The Morgan fingerprint density at radius 2 is 1.96 bits per heavy atom. The molecule has 3 aromatic rings. The predicted octanol–water partition coefficient (Wildman–Crippen LogP) is 4.99. The molecule has 0 fully saturated rings. The van der Waals surface area contributed by atoms with E-state index in [0.717, 1.165) is 39.9 Å². The first-order valence-electron chi connectivity index (χ1n) is 8.89. The van der Waals surface area contributed by atoms with E-state index in [1.54, 1.807) is 11.3 Å². The van der Waals surface area contributed by atoms with Crippen molar-refractivity contribution in [1.82, 2.24) is 0 Å². The number of aryl methyl sites for hydroxylation is 1. The Bertz CT molecular complexity index is 980. The molecule has 0 bridgehead atoms. The Labute approximate surface area is 167 Å². The van der Waals surface area contributed by atoms with Gasteiger partial charge in [-0.25, -0.2) is 0 Å². The zero-order chi connectivity index (χ0) is 19.4. The zero-order valence-electron chi connectivity index (χ0n) is 15.4. The van der Waals surface area contributed by atoms with E-state index in [1.807, 2.05) is 36.4 Å². The van der Waals surface area contributed by atoms with Crippen molar-refractivity contribution in [2.24, 2.45) is 0 Å². The maximum atomic E-state index is 10.8. The monoisotopic (exact) mass is 401 g/mol. The van der Waals surface area contributed by atoms with E-state index >= 15 is 0 Å². The molecule has 3 rings (SSSR count). The van der Waals surface area contributed by atoms with Crippen LogP contribution in [0, 0.1) is 0 Å². The van der Waals surface area contributed by atoms with Crippen LogP contribution in [0.3, 0.4) is 0 Å². The molecule has 1 aromatic heterocycles. The maximum absolute atomic E-state index is 10.8. The van der Waals surface area contributed by atoms with E-state index in [9.17, 15) is 4.79 Å². The third kappa shape index (κ3) is 4.49. The Kier molecular flexibility index (Phi) is 6.14. The minimum Gasteiger partial charge on any atom is -0.481 e. The van der Waals surface area contributed by atoms with Crippen LogP contribution in [-0.4, -0.2) is 17.6 Å². The number of anilines is 1. The second-order valence-corrected chi connectivity index (χ2v) is 7.63. The van der Waals surface area contributed by atoms with Crippen molar-refractivity contribution < 1.29 is 14.5 Å². The molecule has 1 N–H and O–H groups in total. The van der Waals surface area contributed by atoms with Crippen molar-refractivity contribution in [1.29, 1.82) is 0 Å². The fourth-order valence-electron chi connectivity index (χ4n) is 3.03. The van der Waals surface area contributed by atoms with Crippen LogP contribution in [0.2, 0.25) is 5.02 Å². The number of halogens is 1. The van der Waals surface area contributed by atoms with Crippen LogP contribution in [0.15, 0.2) is 48.7 Å². The van der Waals surface area contributed by atoms with E-state index in [2.05, 4.69) is 41.7 Å². The van der Waals surface area contributed by atoms with Gasteiger partial charge in [-0.05, 0) is 43.7 Å². The van der Waals surface area contributed by atoms with E-state index in [-0.39, 0.29) is 6.42 Å². The van der Waals surface area contributed by atoms with Gasteiger partial charge in [-0.3, -0.25) is 4.79 Å². The summed E-state index contributed by atoms with van der Waals surface area (Å²) in [5.74, 6) is -0.816. The Morgan fingerprint density at radius 1 is 1.22 bits per heavy atom. The van der Waals surface area contributed by atoms with Gasteiger partial charge in [0.05, 0.1) is 6.42 Å². The third-order valence-corrected chi connectivity index (χ3v) is 5.74. The lowest BCUT2D eigenvalue weighted by molar-refractivity contribution is -0.665. The molecule has 6 heteroatoms. The number of nitrogens with zero attached hydrogens (tertiary/aromatic N) is 2. The molecule has 0 aliphatic heterocycles. The summed E-state index contributed by atoms with van der Waals surface area (Å²) in [7, 11) is 0. The van der Waals surface area contributed by atoms with Crippen LogP contribution in [-0.2, 0) is 17.8 Å². The van der Waals surface area contributed by atoms with Gasteiger partial charge in [-0.15, -0.1) is 0 Å². The molecule has 0 aliphatic rings. The largest absolute Gasteiger partial charge is 0.481 e. The molecular formula is C21H22ClN2O2S+. The van der Waals surface area contributed by atoms with Crippen LogP contribution in [0.25, 0.3) is 16.3 Å². The highest BCUT2D eigenvalue weighted by Crippen LogP contribution is 2.25. The summed E-state index contributed by atoms with van der Waals surface area (Å²) in [6, 6.07) is 13.7. The van der Waals surface area contributed by atoms with Crippen molar-refractivity contribution in [3.05, 3.63) is 64.3 Å². The summed E-state index contributed by atoms with van der Waals surface area (Å²) in [4.78, 5) is 13.0. The number of benzene rings is 2. The van der Waals surface area contributed by atoms with E-state index in [4.69, 9.17) is 16.7 Å². The van der Waals surface area contributed by atoms with Crippen LogP contribution in [0.4, 0.5) is 5.69 Å². The molecule has 2 aromatic carbocycles. The topological polar surface area (TPSA) is 44.4 Å². The third-order valence-electron chi connectivity index (χ3n) is 4.37. The van der Waals surface area contributed by atoms with Crippen LogP contribution >= 0.6 is 22.9 Å². The predicted molar refractivity (Wildman–Crippen MR) is 113 cm³/mol. The van der Waals surface area contributed by atoms with Gasteiger partial charge < -0.3 is 10.0 Å². The molecule has 27 heavy (non-hydrogen) atoms. The molecule has 0 amide bonds. The molecule has 0 aliphatic carbocycles. The molecule has 0 unspecified atom stereocenters. The van der Waals surface area contributed by atoms with Gasteiger partial charge in [0.25, 0.3) is 5.01 Å². The van der Waals surface area contributed by atoms with Gasteiger partial charge in [-0.1, -0.05) is 35.1 Å². The average molecular weight is 402 g/mol. The fraction of sp³-hybridized carbons (Fsp3) is 0.238. The maximum Gasteiger partial charge on any atom is 0.307 e. The SMILES string of the molecule is CCN(C=Cc1sc2ccc(Cl)cc2[n+]1CC)c1ccc(CC(=O)O)cc1. The number of hydrogen-bond donors (Lipinski definition) is 1. The lowest BCUT2D eigenvalue weighted by Gasteiger charge is -2.18. The molecule has 4 nitrogen and oxygen atoms in total. The normalized spacial score (nSPS) is 11.4. The smallest absolute Gasteiger partial charge is 0.307 e. The molecule has 1 heterocycles. The molecule has 0 atom stereocenters. The van der Waals surface area contributed by atoms with E-state index in [0.29, 0.717) is 0 Å². The summed E-state index contributed by atoms with van der Waals surface area (Å²) in [6.07, 6.45) is 4.24. The lowest BCUT2D eigenvalue weighted by atomic mass is 10.1. The van der Waals surface area contributed by atoms with Crippen molar-refractivity contribution in [3.8, 4) is 0 Å². The van der Waals surface area contributed by atoms with Crippen LogP contribution < -0.4 is 9.47 Å². The van der Waals surface area contributed by atoms with Gasteiger partial charge >= 0.3 is 5.97 Å². The molecular weight excluding hydrogens is 380 g/mol. The van der Waals surface area contributed by atoms with Crippen molar-refractivity contribution >= 4 is 50.9 Å². The second-order valence-electron chi connectivity index (χ2n) is 6.14. The minimum absolute atomic E-state index is 0.0447.